The molecule has 0 aliphatic carbocycles. The molecule has 1 amide bonds. The molecule has 0 unspecified atom stereocenters. The van der Waals surface area contributed by atoms with Crippen molar-refractivity contribution in [1.29, 1.82) is 0 Å². The fourth-order valence-corrected chi connectivity index (χ4v) is 3.26. The van der Waals surface area contributed by atoms with E-state index in [2.05, 4.69) is 5.10 Å². The number of halogens is 6. The van der Waals surface area contributed by atoms with E-state index in [-0.39, 0.29) is 6.54 Å². The van der Waals surface area contributed by atoms with Crippen molar-refractivity contribution in [3.05, 3.63) is 69.7 Å². The first-order valence-corrected chi connectivity index (χ1v) is 10.4. The van der Waals surface area contributed by atoms with Crippen LogP contribution in [-0.2, 0) is 13.0 Å². The SMILES string of the molecule is CCc1nn(-c2cc(O[C@@H](CF)C(F)F)c(C(=O)Nc3c(F)cccc3F)cc2F)c(=O)n1CC. The van der Waals surface area contributed by atoms with E-state index in [4.69, 9.17) is 4.74 Å². The number of hydrogen-bond donors (Lipinski definition) is 1. The summed E-state index contributed by atoms with van der Waals surface area (Å²) in [6, 6.07) is 3.97. The molecule has 1 aromatic heterocycles. The second kappa shape index (κ2) is 10.7. The molecular formula is C22H20F6N4O3. The predicted molar refractivity (Wildman–Crippen MR) is 114 cm³/mol. The number of benzene rings is 2. The first kappa shape index (κ1) is 25.8. The molecule has 1 heterocycles. The molecule has 0 bridgehead atoms. The van der Waals surface area contributed by atoms with E-state index in [1.165, 1.54) is 4.57 Å². The lowest BCUT2D eigenvalue weighted by molar-refractivity contribution is -0.00158. The van der Waals surface area contributed by atoms with Crippen LogP contribution in [0.25, 0.3) is 5.69 Å². The number of anilines is 1. The smallest absolute Gasteiger partial charge is 0.350 e. The molecule has 0 aliphatic heterocycles. The zero-order valence-electron chi connectivity index (χ0n) is 18.5. The van der Waals surface area contributed by atoms with Gasteiger partial charge in [0.1, 0.15) is 47.1 Å². The van der Waals surface area contributed by atoms with Crippen LogP contribution in [0.2, 0.25) is 0 Å². The molecule has 0 fully saturated rings. The van der Waals surface area contributed by atoms with Gasteiger partial charge >= 0.3 is 5.69 Å². The van der Waals surface area contributed by atoms with Crippen molar-refractivity contribution in [2.75, 3.05) is 12.0 Å². The summed E-state index contributed by atoms with van der Waals surface area (Å²) in [5, 5.41) is 5.90. The van der Waals surface area contributed by atoms with Gasteiger partial charge in [0.25, 0.3) is 12.3 Å². The van der Waals surface area contributed by atoms with Gasteiger partial charge < -0.3 is 10.1 Å². The van der Waals surface area contributed by atoms with E-state index in [0.717, 1.165) is 24.3 Å². The Labute approximate surface area is 194 Å². The Bertz CT molecular complexity index is 1270. The van der Waals surface area contributed by atoms with Gasteiger partial charge in [0.2, 0.25) is 0 Å². The van der Waals surface area contributed by atoms with Crippen LogP contribution >= 0.6 is 0 Å². The van der Waals surface area contributed by atoms with Crippen LogP contribution in [0, 0.1) is 17.5 Å². The van der Waals surface area contributed by atoms with Crippen molar-refractivity contribution < 1.29 is 35.9 Å². The summed E-state index contributed by atoms with van der Waals surface area (Å²) in [6.45, 7) is 1.89. The molecular weight excluding hydrogens is 482 g/mol. The minimum atomic E-state index is -3.33. The summed E-state index contributed by atoms with van der Waals surface area (Å²) >= 11 is 0. The molecule has 35 heavy (non-hydrogen) atoms. The number of rotatable bonds is 9. The highest BCUT2D eigenvalue weighted by atomic mass is 19.3. The van der Waals surface area contributed by atoms with Gasteiger partial charge in [-0.1, -0.05) is 13.0 Å². The van der Waals surface area contributed by atoms with Crippen molar-refractivity contribution in [2.24, 2.45) is 0 Å². The highest BCUT2D eigenvalue weighted by Gasteiger charge is 2.28. The molecule has 7 nitrogen and oxygen atoms in total. The van der Waals surface area contributed by atoms with Crippen molar-refractivity contribution in [3.8, 4) is 11.4 Å². The van der Waals surface area contributed by atoms with Crippen molar-refractivity contribution >= 4 is 11.6 Å². The monoisotopic (exact) mass is 502 g/mol. The van der Waals surface area contributed by atoms with Crippen LogP contribution in [0.1, 0.15) is 30.0 Å². The Morgan fingerprint density at radius 2 is 1.77 bits per heavy atom. The third-order valence-electron chi connectivity index (χ3n) is 5.01. The van der Waals surface area contributed by atoms with Crippen molar-refractivity contribution in [2.45, 2.75) is 39.3 Å². The summed E-state index contributed by atoms with van der Waals surface area (Å²) < 4.78 is 89.3. The summed E-state index contributed by atoms with van der Waals surface area (Å²) in [6.07, 6.45) is -5.37. The number of aryl methyl sites for hydroxylation is 1. The van der Waals surface area contributed by atoms with E-state index < -0.39 is 70.9 Å². The number of amides is 1. The Hall–Kier alpha value is -3.77. The molecule has 1 N–H and O–H groups in total. The normalized spacial score (nSPS) is 12.1. The summed E-state index contributed by atoms with van der Waals surface area (Å²) in [4.78, 5) is 25.4. The Balaban J connectivity index is 2.15. The number of carbonyl (C=O) groups is 1. The number of carbonyl (C=O) groups excluding carboxylic acids is 1. The summed E-state index contributed by atoms with van der Waals surface area (Å²) in [5.74, 6) is -5.30. The molecule has 1 atom stereocenters. The number of para-hydroxylation sites is 1. The zero-order valence-corrected chi connectivity index (χ0v) is 18.5. The molecule has 2 aromatic carbocycles. The van der Waals surface area contributed by atoms with Gasteiger partial charge in [0.15, 0.2) is 6.10 Å². The lowest BCUT2D eigenvalue weighted by atomic mass is 10.1. The molecule has 0 saturated carbocycles. The molecule has 0 aliphatic rings. The van der Waals surface area contributed by atoms with Crippen LogP contribution in [0.5, 0.6) is 5.75 Å². The van der Waals surface area contributed by atoms with E-state index in [9.17, 15) is 31.5 Å². The Morgan fingerprint density at radius 1 is 1.11 bits per heavy atom. The molecule has 13 heteroatoms. The maximum atomic E-state index is 15.1. The number of aromatic nitrogens is 3. The second-order valence-electron chi connectivity index (χ2n) is 7.20. The quantitative estimate of drug-likeness (QED) is 0.444. The molecule has 0 radical (unpaired) electrons. The van der Waals surface area contributed by atoms with E-state index in [0.29, 0.717) is 23.0 Å². The van der Waals surface area contributed by atoms with Gasteiger partial charge in [-0.2, -0.15) is 4.68 Å². The second-order valence-corrected chi connectivity index (χ2v) is 7.20. The largest absolute Gasteiger partial charge is 0.481 e. The minimum absolute atomic E-state index is 0.205. The van der Waals surface area contributed by atoms with Gasteiger partial charge in [-0.3, -0.25) is 9.36 Å². The van der Waals surface area contributed by atoms with Crippen LogP contribution in [0.3, 0.4) is 0 Å². The predicted octanol–water partition coefficient (Wildman–Crippen LogP) is 4.27. The maximum absolute atomic E-state index is 15.1. The number of ether oxygens (including phenoxy) is 1. The first-order chi connectivity index (χ1) is 16.6. The highest BCUT2D eigenvalue weighted by molar-refractivity contribution is 6.06. The molecule has 0 saturated heterocycles. The number of nitrogens with zero attached hydrogens (tertiary/aromatic N) is 3. The third kappa shape index (κ3) is 5.17. The highest BCUT2D eigenvalue weighted by Crippen LogP contribution is 2.29. The lowest BCUT2D eigenvalue weighted by Crippen LogP contribution is -2.29. The van der Waals surface area contributed by atoms with Crippen molar-refractivity contribution in [1.82, 2.24) is 14.3 Å². The average molecular weight is 502 g/mol. The maximum Gasteiger partial charge on any atom is 0.350 e. The standard InChI is InChI=1S/C22H20F6N4O3/c1-3-18-30-32(22(34)31(18)4-2)15-9-16(35-17(10-23)20(27)28)11(8-14(15)26)21(33)29-19-12(24)6-5-7-13(19)25/h5-9,17,20H,3-4,10H2,1-2H3,(H,29,33)/t17-/m0/s1. The topological polar surface area (TPSA) is 78.2 Å². The molecule has 3 rings (SSSR count). The first-order valence-electron chi connectivity index (χ1n) is 10.4. The molecule has 188 valence electrons. The lowest BCUT2D eigenvalue weighted by Gasteiger charge is -2.19. The number of hydrogen-bond acceptors (Lipinski definition) is 4. The fourth-order valence-electron chi connectivity index (χ4n) is 3.26. The number of nitrogens with one attached hydrogen (secondary N) is 1. The summed E-state index contributed by atoms with van der Waals surface area (Å²) in [5.41, 5.74) is -2.97. The minimum Gasteiger partial charge on any atom is -0.481 e. The van der Waals surface area contributed by atoms with Gasteiger partial charge in [-0.15, -0.1) is 5.10 Å². The third-order valence-corrected chi connectivity index (χ3v) is 5.01. The van der Waals surface area contributed by atoms with Gasteiger partial charge in [0, 0.05) is 19.0 Å². The Morgan fingerprint density at radius 3 is 2.29 bits per heavy atom. The number of alkyl halides is 3. The zero-order chi connectivity index (χ0) is 25.9. The van der Waals surface area contributed by atoms with Crippen LogP contribution < -0.4 is 15.7 Å². The van der Waals surface area contributed by atoms with Gasteiger partial charge in [0.05, 0.1) is 5.56 Å². The summed E-state index contributed by atoms with van der Waals surface area (Å²) in [7, 11) is 0. The van der Waals surface area contributed by atoms with E-state index >= 15 is 4.39 Å². The van der Waals surface area contributed by atoms with Crippen LogP contribution in [-0.4, -0.2) is 39.5 Å². The van der Waals surface area contributed by atoms with Gasteiger partial charge in [-0.05, 0) is 25.1 Å². The fraction of sp³-hybridized carbons (Fsp3) is 0.318. The molecule has 3 aromatic rings. The Kier molecular flexibility index (Phi) is 7.87. The van der Waals surface area contributed by atoms with Crippen LogP contribution in [0.15, 0.2) is 35.1 Å². The van der Waals surface area contributed by atoms with E-state index in [1.54, 1.807) is 13.8 Å². The van der Waals surface area contributed by atoms with Crippen molar-refractivity contribution in [3.63, 3.8) is 0 Å². The van der Waals surface area contributed by atoms with Gasteiger partial charge in [-0.25, -0.2) is 31.1 Å². The van der Waals surface area contributed by atoms with E-state index in [1.807, 2.05) is 5.32 Å². The molecule has 0 spiro atoms. The van der Waals surface area contributed by atoms with Crippen LogP contribution in [0.4, 0.5) is 32.0 Å². The average Bonchev–Trinajstić information content (AvgIpc) is 3.15.